The van der Waals surface area contributed by atoms with Crippen LogP contribution in [0.25, 0.3) is 0 Å². The van der Waals surface area contributed by atoms with Crippen LogP contribution < -0.4 is 0 Å². The lowest BCUT2D eigenvalue weighted by molar-refractivity contribution is -0.137. The van der Waals surface area contributed by atoms with Crippen LogP contribution in [-0.2, 0) is 12.6 Å². The average Bonchev–Trinajstić information content (AvgIpc) is 2.29. The van der Waals surface area contributed by atoms with Crippen molar-refractivity contribution in [2.75, 3.05) is 0 Å². The predicted molar refractivity (Wildman–Crippen MR) is 65.3 cm³/mol. The van der Waals surface area contributed by atoms with Crippen LogP contribution in [0.2, 0.25) is 0 Å². The summed E-state index contributed by atoms with van der Waals surface area (Å²) in [6.07, 6.45) is -0.616. The molecule has 0 aliphatic heterocycles. The highest BCUT2D eigenvalue weighted by Crippen LogP contribution is 2.29. The molecule has 0 aromatic heterocycles. The molecule has 0 heterocycles. The van der Waals surface area contributed by atoms with Gasteiger partial charge < -0.3 is 5.11 Å². The van der Waals surface area contributed by atoms with E-state index in [0.717, 1.165) is 37.0 Å². The summed E-state index contributed by atoms with van der Waals surface area (Å²) in [7, 11) is 0. The van der Waals surface area contributed by atoms with E-state index in [0.29, 0.717) is 12.8 Å². The molecule has 1 rings (SSSR count). The molecule has 1 N–H and O–H groups in total. The fourth-order valence-electron chi connectivity index (χ4n) is 1.88. The van der Waals surface area contributed by atoms with Crippen molar-refractivity contribution in [1.29, 1.82) is 0 Å². The summed E-state index contributed by atoms with van der Waals surface area (Å²) in [4.78, 5) is 0. The smallest absolute Gasteiger partial charge is 0.393 e. The standard InChI is InChI=1S/C14H19F3O/c1-2-4-13(18)6-3-5-11-7-9-12(10-8-11)14(15,16)17/h7-10,13,18H,2-6H2,1H3. The lowest BCUT2D eigenvalue weighted by Gasteiger charge is -2.10. The van der Waals surface area contributed by atoms with Gasteiger partial charge in [-0.1, -0.05) is 25.5 Å². The third kappa shape index (κ3) is 5.08. The summed E-state index contributed by atoms with van der Waals surface area (Å²) in [6.45, 7) is 2.01. The molecule has 1 atom stereocenters. The van der Waals surface area contributed by atoms with Crippen molar-refractivity contribution in [3.63, 3.8) is 0 Å². The fraction of sp³-hybridized carbons (Fsp3) is 0.571. The maximum absolute atomic E-state index is 12.3. The zero-order valence-corrected chi connectivity index (χ0v) is 10.5. The molecule has 0 radical (unpaired) electrons. The number of hydrogen-bond donors (Lipinski definition) is 1. The molecule has 0 bridgehead atoms. The van der Waals surface area contributed by atoms with Gasteiger partial charge in [-0.3, -0.25) is 0 Å². The van der Waals surface area contributed by atoms with Crippen LogP contribution in [0.3, 0.4) is 0 Å². The topological polar surface area (TPSA) is 20.2 Å². The monoisotopic (exact) mass is 260 g/mol. The molecule has 18 heavy (non-hydrogen) atoms. The van der Waals surface area contributed by atoms with Gasteiger partial charge in [0, 0.05) is 0 Å². The highest BCUT2D eigenvalue weighted by atomic mass is 19.4. The number of aliphatic hydroxyl groups excluding tert-OH is 1. The van der Waals surface area contributed by atoms with Crippen LogP contribution in [0, 0.1) is 0 Å². The summed E-state index contributed by atoms with van der Waals surface area (Å²) in [5, 5.41) is 9.53. The van der Waals surface area contributed by atoms with Crippen molar-refractivity contribution in [2.24, 2.45) is 0 Å². The molecular formula is C14H19F3O. The molecule has 1 aromatic carbocycles. The Morgan fingerprint density at radius 2 is 1.72 bits per heavy atom. The van der Waals surface area contributed by atoms with Gasteiger partial charge in [-0.2, -0.15) is 13.2 Å². The van der Waals surface area contributed by atoms with Crippen LogP contribution in [0.5, 0.6) is 0 Å². The Morgan fingerprint density at radius 3 is 2.22 bits per heavy atom. The zero-order valence-electron chi connectivity index (χ0n) is 10.5. The summed E-state index contributed by atoms with van der Waals surface area (Å²) < 4.78 is 37.0. The first-order valence-electron chi connectivity index (χ1n) is 6.27. The van der Waals surface area contributed by atoms with Crippen molar-refractivity contribution < 1.29 is 18.3 Å². The Morgan fingerprint density at radius 1 is 1.11 bits per heavy atom. The van der Waals surface area contributed by atoms with Gasteiger partial charge in [0.05, 0.1) is 11.7 Å². The second kappa shape index (κ2) is 6.78. The first kappa shape index (κ1) is 15.0. The molecular weight excluding hydrogens is 241 g/mol. The highest BCUT2D eigenvalue weighted by Gasteiger charge is 2.29. The van der Waals surface area contributed by atoms with Crippen molar-refractivity contribution in [1.82, 2.24) is 0 Å². The molecule has 0 aliphatic carbocycles. The maximum atomic E-state index is 12.3. The molecule has 0 fully saturated rings. The van der Waals surface area contributed by atoms with Gasteiger partial charge in [0.1, 0.15) is 0 Å². The Bertz CT molecular complexity index is 343. The molecule has 0 spiro atoms. The fourth-order valence-corrected chi connectivity index (χ4v) is 1.88. The highest BCUT2D eigenvalue weighted by molar-refractivity contribution is 5.24. The number of halogens is 3. The number of rotatable bonds is 6. The van der Waals surface area contributed by atoms with Crippen molar-refractivity contribution in [3.8, 4) is 0 Å². The average molecular weight is 260 g/mol. The number of aliphatic hydroxyl groups is 1. The van der Waals surface area contributed by atoms with Gasteiger partial charge in [0.2, 0.25) is 0 Å². The molecule has 0 aliphatic rings. The number of hydrogen-bond acceptors (Lipinski definition) is 1. The van der Waals surface area contributed by atoms with Gasteiger partial charge in [0.25, 0.3) is 0 Å². The van der Waals surface area contributed by atoms with Gasteiger partial charge in [-0.15, -0.1) is 0 Å². The number of alkyl halides is 3. The van der Waals surface area contributed by atoms with Gasteiger partial charge in [-0.25, -0.2) is 0 Å². The number of benzene rings is 1. The molecule has 1 unspecified atom stereocenters. The predicted octanol–water partition coefficient (Wildman–Crippen LogP) is 4.19. The van der Waals surface area contributed by atoms with E-state index >= 15 is 0 Å². The largest absolute Gasteiger partial charge is 0.416 e. The van der Waals surface area contributed by atoms with E-state index in [9.17, 15) is 18.3 Å². The van der Waals surface area contributed by atoms with Crippen LogP contribution in [0.1, 0.15) is 43.7 Å². The van der Waals surface area contributed by atoms with Crippen molar-refractivity contribution in [3.05, 3.63) is 35.4 Å². The van der Waals surface area contributed by atoms with Crippen molar-refractivity contribution >= 4 is 0 Å². The summed E-state index contributed by atoms with van der Waals surface area (Å²) in [5.41, 5.74) is 0.268. The second-order valence-corrected chi connectivity index (χ2v) is 4.53. The number of aryl methyl sites for hydroxylation is 1. The third-order valence-corrected chi connectivity index (χ3v) is 2.91. The van der Waals surface area contributed by atoms with Crippen molar-refractivity contribution in [2.45, 2.75) is 51.3 Å². The van der Waals surface area contributed by atoms with Crippen LogP contribution >= 0.6 is 0 Å². The van der Waals surface area contributed by atoms with Crippen LogP contribution in [-0.4, -0.2) is 11.2 Å². The SMILES string of the molecule is CCCC(O)CCCc1ccc(C(F)(F)F)cc1. The first-order chi connectivity index (χ1) is 8.43. The maximum Gasteiger partial charge on any atom is 0.416 e. The van der Waals surface area contributed by atoms with E-state index in [4.69, 9.17) is 0 Å². The molecule has 0 amide bonds. The lowest BCUT2D eigenvalue weighted by Crippen LogP contribution is -2.06. The molecule has 102 valence electrons. The zero-order chi connectivity index (χ0) is 13.6. The Labute approximate surface area is 106 Å². The third-order valence-electron chi connectivity index (χ3n) is 2.91. The Balaban J connectivity index is 2.40. The van der Waals surface area contributed by atoms with E-state index in [-0.39, 0.29) is 6.10 Å². The minimum Gasteiger partial charge on any atom is -0.393 e. The summed E-state index contributed by atoms with van der Waals surface area (Å²) in [6, 6.07) is 5.24. The molecule has 1 nitrogen and oxygen atoms in total. The summed E-state index contributed by atoms with van der Waals surface area (Å²) >= 11 is 0. The first-order valence-corrected chi connectivity index (χ1v) is 6.27. The molecule has 0 saturated heterocycles. The Hall–Kier alpha value is -1.03. The Kier molecular flexibility index (Phi) is 5.66. The van der Waals surface area contributed by atoms with Crippen LogP contribution in [0.4, 0.5) is 13.2 Å². The molecule has 1 aromatic rings. The van der Waals surface area contributed by atoms with Gasteiger partial charge >= 0.3 is 6.18 Å². The van der Waals surface area contributed by atoms with E-state index in [1.807, 2.05) is 6.92 Å². The summed E-state index contributed by atoms with van der Waals surface area (Å²) in [5.74, 6) is 0. The van der Waals surface area contributed by atoms with Gasteiger partial charge in [0.15, 0.2) is 0 Å². The van der Waals surface area contributed by atoms with E-state index in [1.165, 1.54) is 12.1 Å². The second-order valence-electron chi connectivity index (χ2n) is 4.53. The van der Waals surface area contributed by atoms with Gasteiger partial charge in [-0.05, 0) is 43.4 Å². The quantitative estimate of drug-likeness (QED) is 0.813. The van der Waals surface area contributed by atoms with E-state index < -0.39 is 11.7 Å². The minimum atomic E-state index is -4.27. The van der Waals surface area contributed by atoms with E-state index in [1.54, 1.807) is 0 Å². The molecule has 0 saturated carbocycles. The van der Waals surface area contributed by atoms with E-state index in [2.05, 4.69) is 0 Å². The normalized spacial score (nSPS) is 13.6. The lowest BCUT2D eigenvalue weighted by atomic mass is 10.0. The molecule has 4 heteroatoms. The minimum absolute atomic E-state index is 0.288. The van der Waals surface area contributed by atoms with Crippen LogP contribution in [0.15, 0.2) is 24.3 Å².